The molecule has 0 spiro atoms. The third kappa shape index (κ3) is 3.27. The molecular weight excluding hydrogens is 237 g/mol. The Balaban J connectivity index is 1.92. The molecule has 1 N–H and O–H groups in total. The highest BCUT2D eigenvalue weighted by Gasteiger charge is 2.17. The van der Waals surface area contributed by atoms with E-state index in [2.05, 4.69) is 5.32 Å². The van der Waals surface area contributed by atoms with Crippen molar-refractivity contribution in [3.8, 4) is 0 Å². The summed E-state index contributed by atoms with van der Waals surface area (Å²) in [6.07, 6.45) is -0.157. The Morgan fingerprint density at radius 1 is 1.50 bits per heavy atom. The molecule has 1 aromatic carbocycles. The summed E-state index contributed by atoms with van der Waals surface area (Å²) in [6.45, 7) is 3.70. The number of aryl methyl sites for hydroxylation is 1. The average Bonchev–Trinajstić information content (AvgIpc) is 2.40. The van der Waals surface area contributed by atoms with Gasteiger partial charge in [0.05, 0.1) is 31.5 Å². The molecule has 1 aromatic rings. The molecule has 0 saturated carbocycles. The van der Waals surface area contributed by atoms with Crippen LogP contribution in [0.3, 0.4) is 0 Å². The number of halogens is 1. The fourth-order valence-corrected chi connectivity index (χ4v) is 1.77. The Morgan fingerprint density at radius 3 is 3.06 bits per heavy atom. The average molecular weight is 253 g/mol. The van der Waals surface area contributed by atoms with Gasteiger partial charge >= 0.3 is 0 Å². The van der Waals surface area contributed by atoms with Crippen LogP contribution < -0.4 is 5.32 Å². The first kappa shape index (κ1) is 13.0. The van der Waals surface area contributed by atoms with E-state index >= 15 is 0 Å². The van der Waals surface area contributed by atoms with E-state index in [0.717, 1.165) is 5.56 Å². The number of hydrogen-bond acceptors (Lipinski definition) is 3. The monoisotopic (exact) mass is 253 g/mol. The second-order valence-corrected chi connectivity index (χ2v) is 4.26. The maximum Gasteiger partial charge on any atom is 0.254 e. The largest absolute Gasteiger partial charge is 0.376 e. The molecule has 2 rings (SSSR count). The molecule has 1 amide bonds. The van der Waals surface area contributed by atoms with Gasteiger partial charge in [0.2, 0.25) is 0 Å². The molecule has 1 aliphatic rings. The Morgan fingerprint density at radius 2 is 2.33 bits per heavy atom. The van der Waals surface area contributed by atoms with Gasteiger partial charge in [0.1, 0.15) is 5.82 Å². The van der Waals surface area contributed by atoms with Crippen LogP contribution in [0.1, 0.15) is 15.9 Å². The van der Waals surface area contributed by atoms with E-state index < -0.39 is 11.7 Å². The van der Waals surface area contributed by atoms with E-state index in [4.69, 9.17) is 9.47 Å². The van der Waals surface area contributed by atoms with Crippen molar-refractivity contribution in [1.82, 2.24) is 5.32 Å². The molecule has 1 atom stereocenters. The summed E-state index contributed by atoms with van der Waals surface area (Å²) in [4.78, 5) is 11.8. The zero-order valence-corrected chi connectivity index (χ0v) is 10.2. The van der Waals surface area contributed by atoms with Crippen LogP contribution in [-0.4, -0.2) is 38.4 Å². The first-order chi connectivity index (χ1) is 8.66. The number of benzene rings is 1. The summed E-state index contributed by atoms with van der Waals surface area (Å²) in [5.41, 5.74) is 0.908. The van der Waals surface area contributed by atoms with Crippen LogP contribution in [0.4, 0.5) is 4.39 Å². The normalized spacial score (nSPS) is 19.6. The first-order valence-electron chi connectivity index (χ1n) is 5.90. The number of carbonyl (C=O) groups is 1. The molecule has 1 fully saturated rings. The summed E-state index contributed by atoms with van der Waals surface area (Å²) in [5.74, 6) is -0.940. The Hall–Kier alpha value is -1.46. The van der Waals surface area contributed by atoms with Crippen LogP contribution in [0.15, 0.2) is 18.2 Å². The van der Waals surface area contributed by atoms with Gasteiger partial charge in [0, 0.05) is 6.54 Å². The maximum atomic E-state index is 13.5. The molecule has 0 bridgehead atoms. The lowest BCUT2D eigenvalue weighted by Crippen LogP contribution is -2.39. The molecule has 4 nitrogen and oxygen atoms in total. The van der Waals surface area contributed by atoms with Gasteiger partial charge < -0.3 is 14.8 Å². The minimum atomic E-state index is -0.515. The topological polar surface area (TPSA) is 47.6 Å². The molecule has 0 aliphatic carbocycles. The number of rotatable bonds is 3. The lowest BCUT2D eigenvalue weighted by atomic mass is 10.1. The molecule has 1 aliphatic heterocycles. The number of amides is 1. The van der Waals surface area contributed by atoms with E-state index in [9.17, 15) is 9.18 Å². The minimum Gasteiger partial charge on any atom is -0.376 e. The summed E-state index contributed by atoms with van der Waals surface area (Å²) in [5, 5.41) is 2.65. The van der Waals surface area contributed by atoms with Gasteiger partial charge in [-0.1, -0.05) is 11.6 Å². The molecule has 1 saturated heterocycles. The van der Waals surface area contributed by atoms with E-state index in [0.29, 0.717) is 26.4 Å². The third-order valence-electron chi connectivity index (χ3n) is 2.74. The minimum absolute atomic E-state index is 0.0618. The van der Waals surface area contributed by atoms with Crippen molar-refractivity contribution in [3.05, 3.63) is 35.1 Å². The van der Waals surface area contributed by atoms with Gasteiger partial charge in [-0.2, -0.15) is 0 Å². The van der Waals surface area contributed by atoms with Crippen molar-refractivity contribution in [3.63, 3.8) is 0 Å². The SMILES string of the molecule is Cc1ccc(F)c(C(=O)NCC2COCCO2)c1. The zero-order valence-electron chi connectivity index (χ0n) is 10.2. The predicted molar refractivity (Wildman–Crippen MR) is 64.0 cm³/mol. The second kappa shape index (κ2) is 5.93. The first-order valence-corrected chi connectivity index (χ1v) is 5.90. The van der Waals surface area contributed by atoms with E-state index in [1.807, 2.05) is 6.92 Å². The van der Waals surface area contributed by atoms with Crippen molar-refractivity contribution >= 4 is 5.91 Å². The molecular formula is C13H16FNO3. The quantitative estimate of drug-likeness (QED) is 0.882. The summed E-state index contributed by atoms with van der Waals surface area (Å²) < 4.78 is 24.1. The van der Waals surface area contributed by atoms with Gasteiger partial charge in [-0.25, -0.2) is 4.39 Å². The lowest BCUT2D eigenvalue weighted by Gasteiger charge is -2.23. The van der Waals surface area contributed by atoms with Gasteiger partial charge in [-0.3, -0.25) is 4.79 Å². The van der Waals surface area contributed by atoms with Crippen molar-refractivity contribution in [1.29, 1.82) is 0 Å². The number of carbonyl (C=O) groups excluding carboxylic acids is 1. The Bertz CT molecular complexity index is 430. The van der Waals surface area contributed by atoms with Crippen LogP contribution in [0.5, 0.6) is 0 Å². The van der Waals surface area contributed by atoms with Crippen molar-refractivity contribution in [2.45, 2.75) is 13.0 Å². The molecule has 1 unspecified atom stereocenters. The van der Waals surface area contributed by atoms with Gasteiger partial charge in [0.25, 0.3) is 5.91 Å². The van der Waals surface area contributed by atoms with E-state index in [-0.39, 0.29) is 11.7 Å². The highest BCUT2D eigenvalue weighted by atomic mass is 19.1. The van der Waals surface area contributed by atoms with Crippen LogP contribution >= 0.6 is 0 Å². The van der Waals surface area contributed by atoms with Gasteiger partial charge in [-0.15, -0.1) is 0 Å². The van der Waals surface area contributed by atoms with Crippen LogP contribution in [-0.2, 0) is 9.47 Å². The van der Waals surface area contributed by atoms with Gasteiger partial charge in [0.15, 0.2) is 0 Å². The second-order valence-electron chi connectivity index (χ2n) is 4.26. The molecule has 18 heavy (non-hydrogen) atoms. The number of nitrogens with one attached hydrogen (secondary N) is 1. The fourth-order valence-electron chi connectivity index (χ4n) is 1.77. The number of hydrogen-bond donors (Lipinski definition) is 1. The number of ether oxygens (including phenoxy) is 2. The molecule has 0 aromatic heterocycles. The highest BCUT2D eigenvalue weighted by molar-refractivity contribution is 5.94. The van der Waals surface area contributed by atoms with Gasteiger partial charge in [-0.05, 0) is 19.1 Å². The summed E-state index contributed by atoms with van der Waals surface area (Å²) in [6, 6.07) is 4.46. The van der Waals surface area contributed by atoms with Crippen LogP contribution in [0, 0.1) is 12.7 Å². The van der Waals surface area contributed by atoms with Crippen molar-refractivity contribution in [2.24, 2.45) is 0 Å². The highest BCUT2D eigenvalue weighted by Crippen LogP contribution is 2.10. The molecule has 98 valence electrons. The molecule has 5 heteroatoms. The maximum absolute atomic E-state index is 13.5. The zero-order chi connectivity index (χ0) is 13.0. The smallest absolute Gasteiger partial charge is 0.254 e. The standard InChI is InChI=1S/C13H16FNO3/c1-9-2-3-12(14)11(6-9)13(16)15-7-10-8-17-4-5-18-10/h2-3,6,10H,4-5,7-8H2,1H3,(H,15,16). The Labute approximate surface area is 105 Å². The van der Waals surface area contributed by atoms with Crippen molar-refractivity contribution in [2.75, 3.05) is 26.4 Å². The molecule has 0 radical (unpaired) electrons. The van der Waals surface area contributed by atoms with E-state index in [1.54, 1.807) is 6.07 Å². The van der Waals surface area contributed by atoms with Crippen molar-refractivity contribution < 1.29 is 18.7 Å². The predicted octanol–water partition coefficient (Wildman–Crippen LogP) is 1.28. The fraction of sp³-hybridized carbons (Fsp3) is 0.462. The van der Waals surface area contributed by atoms with Crippen LogP contribution in [0.25, 0.3) is 0 Å². The molecule has 1 heterocycles. The third-order valence-corrected chi connectivity index (χ3v) is 2.74. The summed E-state index contributed by atoms with van der Waals surface area (Å²) in [7, 11) is 0. The Kier molecular flexibility index (Phi) is 4.28. The summed E-state index contributed by atoms with van der Waals surface area (Å²) >= 11 is 0. The van der Waals surface area contributed by atoms with E-state index in [1.165, 1.54) is 12.1 Å². The lowest BCUT2D eigenvalue weighted by molar-refractivity contribution is -0.0855. The van der Waals surface area contributed by atoms with Crippen LogP contribution in [0.2, 0.25) is 0 Å².